The molecule has 0 aromatic heterocycles. The van der Waals surface area contributed by atoms with Gasteiger partial charge in [0.25, 0.3) is 0 Å². The monoisotopic (exact) mass is 252 g/mol. The first kappa shape index (κ1) is 18.2. The second-order valence-corrected chi connectivity index (χ2v) is 2.89. The van der Waals surface area contributed by atoms with E-state index in [9.17, 15) is 9.59 Å². The molecule has 0 aliphatic carbocycles. The average Bonchev–Trinajstić information content (AvgIpc) is 2.27. The molecular weight excluding hydrogens is 232 g/mol. The first-order valence-electron chi connectivity index (χ1n) is 5.03. The zero-order valence-electron chi connectivity index (χ0n) is 10.2. The lowest BCUT2D eigenvalue weighted by atomic mass is 10.3. The van der Waals surface area contributed by atoms with Gasteiger partial charge in [0.05, 0.1) is 39.3 Å². The minimum Gasteiger partial charge on any atom is -0.481 e. The third-order valence-electron chi connectivity index (χ3n) is 1.42. The molecule has 0 aliphatic rings. The van der Waals surface area contributed by atoms with Crippen LogP contribution in [0.25, 0.3) is 0 Å². The summed E-state index contributed by atoms with van der Waals surface area (Å²) in [7, 11) is 3.30. The number of ether oxygens (including phenoxy) is 3. The van der Waals surface area contributed by atoms with E-state index in [4.69, 9.17) is 24.4 Å². The lowest BCUT2D eigenvalue weighted by molar-refractivity contribution is -0.143. The van der Waals surface area contributed by atoms with Gasteiger partial charge in [0.15, 0.2) is 0 Å². The molecule has 0 atom stereocenters. The maximum atomic E-state index is 9.64. The molecule has 0 saturated heterocycles. The van der Waals surface area contributed by atoms with Crippen LogP contribution in [0.3, 0.4) is 0 Å². The highest BCUT2D eigenvalue weighted by atomic mass is 16.5. The minimum absolute atomic E-state index is 0.296. The maximum absolute atomic E-state index is 9.64. The van der Waals surface area contributed by atoms with Crippen LogP contribution in [0.15, 0.2) is 0 Å². The van der Waals surface area contributed by atoms with Crippen molar-refractivity contribution in [2.24, 2.45) is 0 Å². The van der Waals surface area contributed by atoms with Crippen molar-refractivity contribution in [2.45, 2.75) is 12.8 Å². The summed E-state index contributed by atoms with van der Waals surface area (Å²) in [4.78, 5) is 19.3. The van der Waals surface area contributed by atoms with E-state index in [1.807, 2.05) is 0 Å². The first-order chi connectivity index (χ1) is 8.04. The van der Waals surface area contributed by atoms with Gasteiger partial charge in [-0.25, -0.2) is 0 Å². The van der Waals surface area contributed by atoms with Crippen molar-refractivity contribution in [3.05, 3.63) is 0 Å². The second-order valence-electron chi connectivity index (χ2n) is 2.89. The molecule has 0 amide bonds. The fourth-order valence-corrected chi connectivity index (χ4v) is 0.600. The van der Waals surface area contributed by atoms with Crippen LogP contribution in [0.5, 0.6) is 0 Å². The summed E-state index contributed by atoms with van der Waals surface area (Å²) in [6.45, 7) is 2.62. The first-order valence-corrected chi connectivity index (χ1v) is 5.03. The van der Waals surface area contributed by atoms with E-state index in [-0.39, 0.29) is 12.8 Å². The molecule has 0 radical (unpaired) electrons. The van der Waals surface area contributed by atoms with E-state index in [1.165, 1.54) is 0 Å². The van der Waals surface area contributed by atoms with Crippen LogP contribution in [-0.4, -0.2) is 62.8 Å². The predicted octanol–water partition coefficient (Wildman–Crippen LogP) is 0.232. The largest absolute Gasteiger partial charge is 0.481 e. The van der Waals surface area contributed by atoms with E-state index in [0.29, 0.717) is 26.4 Å². The molecule has 7 heteroatoms. The molecule has 0 aromatic carbocycles. The topological polar surface area (TPSA) is 102 Å². The summed E-state index contributed by atoms with van der Waals surface area (Å²) in [6.07, 6.45) is -0.593. The van der Waals surface area contributed by atoms with Crippen molar-refractivity contribution in [3.8, 4) is 0 Å². The highest BCUT2D eigenvalue weighted by Crippen LogP contribution is 1.86. The maximum Gasteiger partial charge on any atom is 0.303 e. The summed E-state index contributed by atoms with van der Waals surface area (Å²) < 4.78 is 14.6. The van der Waals surface area contributed by atoms with Crippen molar-refractivity contribution in [1.82, 2.24) is 0 Å². The highest BCUT2D eigenvalue weighted by molar-refractivity contribution is 5.75. The molecule has 0 bridgehead atoms. The van der Waals surface area contributed by atoms with Gasteiger partial charge in [-0.1, -0.05) is 0 Å². The van der Waals surface area contributed by atoms with E-state index in [2.05, 4.69) is 0 Å². The molecule has 0 saturated carbocycles. The number of aliphatic carboxylic acids is 2. The van der Waals surface area contributed by atoms with Crippen molar-refractivity contribution in [1.29, 1.82) is 0 Å². The SMILES string of the molecule is COCCOCCOC.O=C(O)CCC(=O)O. The summed E-state index contributed by atoms with van der Waals surface area (Å²) in [5, 5.41) is 15.8. The van der Waals surface area contributed by atoms with Crippen molar-refractivity contribution in [3.63, 3.8) is 0 Å². The van der Waals surface area contributed by atoms with Crippen LogP contribution >= 0.6 is 0 Å². The molecule has 0 heterocycles. The van der Waals surface area contributed by atoms with E-state index in [1.54, 1.807) is 14.2 Å². The Balaban J connectivity index is 0. The quantitative estimate of drug-likeness (QED) is 0.566. The summed E-state index contributed by atoms with van der Waals surface area (Å²) in [6, 6.07) is 0. The lowest BCUT2D eigenvalue weighted by Gasteiger charge is -2.00. The van der Waals surface area contributed by atoms with Crippen LogP contribution in [0.4, 0.5) is 0 Å². The van der Waals surface area contributed by atoms with Gasteiger partial charge in [-0.15, -0.1) is 0 Å². The van der Waals surface area contributed by atoms with Crippen LogP contribution in [-0.2, 0) is 23.8 Å². The standard InChI is InChI=1S/C6H14O3.C4H6O4/c1-7-3-5-9-6-4-8-2;5-3(6)1-2-4(7)8/h3-6H2,1-2H3;1-2H2,(H,5,6)(H,7,8). The van der Waals surface area contributed by atoms with Crippen LogP contribution < -0.4 is 0 Å². The Morgan fingerprint density at radius 3 is 1.41 bits per heavy atom. The van der Waals surface area contributed by atoms with Gasteiger partial charge >= 0.3 is 11.9 Å². The zero-order valence-corrected chi connectivity index (χ0v) is 10.2. The Morgan fingerprint density at radius 2 is 1.18 bits per heavy atom. The highest BCUT2D eigenvalue weighted by Gasteiger charge is 2.00. The molecule has 17 heavy (non-hydrogen) atoms. The number of carboxylic acid groups (broad SMARTS) is 2. The molecule has 0 aromatic rings. The number of carbonyl (C=O) groups is 2. The van der Waals surface area contributed by atoms with E-state index in [0.717, 1.165) is 0 Å². The van der Waals surface area contributed by atoms with Gasteiger partial charge in [0.1, 0.15) is 0 Å². The number of carboxylic acids is 2. The Morgan fingerprint density at radius 1 is 0.824 bits per heavy atom. The molecule has 0 spiro atoms. The molecule has 102 valence electrons. The van der Waals surface area contributed by atoms with Crippen LogP contribution in [0.1, 0.15) is 12.8 Å². The number of rotatable bonds is 9. The number of methoxy groups -OCH3 is 2. The summed E-state index contributed by atoms with van der Waals surface area (Å²) in [5.74, 6) is -2.15. The fourth-order valence-electron chi connectivity index (χ4n) is 0.600. The summed E-state index contributed by atoms with van der Waals surface area (Å²) in [5.41, 5.74) is 0. The molecule has 0 aliphatic heterocycles. The number of hydrogen-bond donors (Lipinski definition) is 2. The smallest absolute Gasteiger partial charge is 0.303 e. The van der Waals surface area contributed by atoms with Gasteiger partial charge in [0.2, 0.25) is 0 Å². The molecule has 0 fully saturated rings. The van der Waals surface area contributed by atoms with Gasteiger partial charge in [-0.3, -0.25) is 9.59 Å². The van der Waals surface area contributed by atoms with Crippen molar-refractivity contribution < 1.29 is 34.0 Å². The predicted molar refractivity (Wildman–Crippen MR) is 59.1 cm³/mol. The Bertz CT molecular complexity index is 173. The van der Waals surface area contributed by atoms with Gasteiger partial charge in [0, 0.05) is 14.2 Å². The van der Waals surface area contributed by atoms with Gasteiger partial charge in [-0.05, 0) is 0 Å². The second kappa shape index (κ2) is 14.8. The third kappa shape index (κ3) is 25.3. The number of hydrogen-bond acceptors (Lipinski definition) is 5. The molecule has 0 unspecified atom stereocenters. The van der Waals surface area contributed by atoms with Gasteiger partial charge < -0.3 is 24.4 Å². The van der Waals surface area contributed by atoms with Crippen molar-refractivity contribution in [2.75, 3.05) is 40.6 Å². The molecule has 7 nitrogen and oxygen atoms in total. The van der Waals surface area contributed by atoms with E-state index < -0.39 is 11.9 Å². The Kier molecular flexibility index (Phi) is 15.9. The average molecular weight is 252 g/mol. The molecular formula is C10H20O7. The molecule has 2 N–H and O–H groups in total. The zero-order chi connectivity index (χ0) is 13.5. The minimum atomic E-state index is -1.08. The van der Waals surface area contributed by atoms with Crippen molar-refractivity contribution >= 4 is 11.9 Å². The van der Waals surface area contributed by atoms with Crippen LogP contribution in [0, 0.1) is 0 Å². The fraction of sp³-hybridized carbons (Fsp3) is 0.800. The molecule has 0 rings (SSSR count). The van der Waals surface area contributed by atoms with Crippen LogP contribution in [0.2, 0.25) is 0 Å². The van der Waals surface area contributed by atoms with E-state index >= 15 is 0 Å². The normalized spacial score (nSPS) is 9.29. The lowest BCUT2D eigenvalue weighted by Crippen LogP contribution is -2.06. The third-order valence-corrected chi connectivity index (χ3v) is 1.42. The summed E-state index contributed by atoms with van der Waals surface area (Å²) >= 11 is 0. The Labute approximate surface area is 100 Å². The van der Waals surface area contributed by atoms with Gasteiger partial charge in [-0.2, -0.15) is 0 Å². The Hall–Kier alpha value is -1.18.